The first-order chi connectivity index (χ1) is 13.5. The summed E-state index contributed by atoms with van der Waals surface area (Å²) < 4.78 is 2.65. The van der Waals surface area contributed by atoms with Crippen LogP contribution in [0.25, 0.3) is 11.9 Å². The third-order valence-electron chi connectivity index (χ3n) is 4.69. The Morgan fingerprint density at radius 1 is 1.07 bits per heavy atom. The molecule has 28 heavy (non-hydrogen) atoms. The van der Waals surface area contributed by atoms with Crippen LogP contribution in [0.15, 0.2) is 59.6 Å². The monoisotopic (exact) mass is 405 g/mol. The van der Waals surface area contributed by atoms with Crippen LogP contribution in [0.2, 0.25) is 0 Å². The van der Waals surface area contributed by atoms with Gasteiger partial charge in [-0.3, -0.25) is 9.69 Å². The molecular weight excluding hydrogens is 386 g/mol. The lowest BCUT2D eigenvalue weighted by atomic mass is 10.2. The van der Waals surface area contributed by atoms with E-state index in [1.165, 1.54) is 11.8 Å². The average Bonchev–Trinajstić information content (AvgIpc) is 3.12. The molecule has 0 spiro atoms. The molecule has 4 nitrogen and oxygen atoms in total. The summed E-state index contributed by atoms with van der Waals surface area (Å²) in [7, 11) is 0. The van der Waals surface area contributed by atoms with Gasteiger partial charge in [0.25, 0.3) is 5.91 Å². The highest BCUT2D eigenvalue weighted by molar-refractivity contribution is 8.27. The number of hydrogen-bond donors (Lipinski definition) is 0. The van der Waals surface area contributed by atoms with Gasteiger partial charge in [0.15, 0.2) is 4.32 Å². The summed E-state index contributed by atoms with van der Waals surface area (Å²) in [6, 6.07) is 15.6. The minimum Gasteiger partial charge on any atom is -0.303 e. The number of anilines is 1. The van der Waals surface area contributed by atoms with E-state index in [1.54, 1.807) is 4.90 Å². The lowest BCUT2D eigenvalue weighted by Gasteiger charge is -2.13. The van der Waals surface area contributed by atoms with Crippen LogP contribution in [-0.2, 0) is 4.79 Å². The Morgan fingerprint density at radius 2 is 1.82 bits per heavy atom. The number of pyridine rings is 1. The van der Waals surface area contributed by atoms with Crippen molar-refractivity contribution in [3.8, 4) is 5.82 Å². The Labute approximate surface area is 173 Å². The van der Waals surface area contributed by atoms with E-state index in [4.69, 9.17) is 12.2 Å². The first-order valence-electron chi connectivity index (χ1n) is 8.90. The molecule has 1 aliphatic heterocycles. The first kappa shape index (κ1) is 18.7. The lowest BCUT2D eigenvalue weighted by Crippen LogP contribution is -2.27. The summed E-state index contributed by atoms with van der Waals surface area (Å²) in [6.45, 7) is 6.10. The molecule has 2 aromatic heterocycles. The van der Waals surface area contributed by atoms with E-state index in [-0.39, 0.29) is 5.91 Å². The molecule has 4 rings (SSSR count). The topological polar surface area (TPSA) is 38.1 Å². The molecule has 0 aliphatic carbocycles. The van der Waals surface area contributed by atoms with Gasteiger partial charge in [-0.2, -0.15) is 0 Å². The summed E-state index contributed by atoms with van der Waals surface area (Å²) in [6.07, 6.45) is 3.79. The van der Waals surface area contributed by atoms with Gasteiger partial charge in [-0.1, -0.05) is 48.2 Å². The van der Waals surface area contributed by atoms with Crippen molar-refractivity contribution in [1.29, 1.82) is 0 Å². The van der Waals surface area contributed by atoms with Gasteiger partial charge in [-0.05, 0) is 62.2 Å². The molecule has 1 aliphatic rings. The summed E-state index contributed by atoms with van der Waals surface area (Å²) in [5.41, 5.74) is 5.02. The van der Waals surface area contributed by atoms with Crippen molar-refractivity contribution in [3.63, 3.8) is 0 Å². The van der Waals surface area contributed by atoms with E-state index in [0.717, 1.165) is 34.0 Å². The Kier molecular flexibility index (Phi) is 4.91. The zero-order valence-corrected chi connectivity index (χ0v) is 17.5. The second kappa shape index (κ2) is 7.37. The van der Waals surface area contributed by atoms with Gasteiger partial charge in [0.1, 0.15) is 5.82 Å². The molecule has 0 radical (unpaired) electrons. The molecule has 1 saturated heterocycles. The number of aromatic nitrogens is 2. The van der Waals surface area contributed by atoms with Crippen LogP contribution in [0.3, 0.4) is 0 Å². The summed E-state index contributed by atoms with van der Waals surface area (Å²) in [4.78, 5) is 19.7. The van der Waals surface area contributed by atoms with Gasteiger partial charge in [0.2, 0.25) is 0 Å². The highest BCUT2D eigenvalue weighted by atomic mass is 32.2. The maximum absolute atomic E-state index is 13.0. The van der Waals surface area contributed by atoms with Gasteiger partial charge in [0, 0.05) is 17.6 Å². The molecule has 0 unspecified atom stereocenters. The molecule has 140 valence electrons. The lowest BCUT2D eigenvalue weighted by molar-refractivity contribution is -0.113. The van der Waals surface area contributed by atoms with Crippen molar-refractivity contribution in [3.05, 3.63) is 82.1 Å². The minimum atomic E-state index is -0.0838. The van der Waals surface area contributed by atoms with Crippen molar-refractivity contribution in [2.75, 3.05) is 4.90 Å². The second-order valence-electron chi connectivity index (χ2n) is 6.71. The molecule has 3 aromatic rings. The van der Waals surface area contributed by atoms with Crippen molar-refractivity contribution in [2.24, 2.45) is 0 Å². The number of amides is 1. The third-order valence-corrected chi connectivity index (χ3v) is 5.99. The zero-order chi connectivity index (χ0) is 19.8. The van der Waals surface area contributed by atoms with Crippen LogP contribution >= 0.6 is 24.0 Å². The minimum absolute atomic E-state index is 0.0838. The molecule has 3 heterocycles. The summed E-state index contributed by atoms with van der Waals surface area (Å²) in [5.74, 6) is 0.788. The van der Waals surface area contributed by atoms with Gasteiger partial charge >= 0.3 is 0 Å². The van der Waals surface area contributed by atoms with E-state index >= 15 is 0 Å². The number of aryl methyl sites for hydroxylation is 2. The quantitative estimate of drug-likeness (QED) is 0.443. The number of thioether (sulfide) groups is 1. The van der Waals surface area contributed by atoms with E-state index in [2.05, 4.69) is 15.6 Å². The number of carbonyl (C=O) groups is 1. The van der Waals surface area contributed by atoms with Crippen LogP contribution < -0.4 is 4.90 Å². The molecule has 0 N–H and O–H groups in total. The maximum atomic E-state index is 13.0. The number of thiocarbonyl (C=S) groups is 1. The smallest absolute Gasteiger partial charge is 0.270 e. The molecular formula is C22H19N3OS2. The fourth-order valence-electron chi connectivity index (χ4n) is 3.29. The third kappa shape index (κ3) is 3.30. The van der Waals surface area contributed by atoms with Crippen LogP contribution in [-0.4, -0.2) is 19.8 Å². The Morgan fingerprint density at radius 3 is 2.50 bits per heavy atom. The predicted octanol–water partition coefficient (Wildman–Crippen LogP) is 5.20. The molecule has 0 saturated carbocycles. The van der Waals surface area contributed by atoms with Gasteiger partial charge in [-0.15, -0.1) is 0 Å². The summed E-state index contributed by atoms with van der Waals surface area (Å²) in [5, 5.41) is 0. The van der Waals surface area contributed by atoms with E-state index in [9.17, 15) is 4.79 Å². The van der Waals surface area contributed by atoms with E-state index in [1.807, 2.05) is 75.5 Å². The number of para-hydroxylation sites is 1. The van der Waals surface area contributed by atoms with Gasteiger partial charge in [0.05, 0.1) is 10.6 Å². The number of nitrogens with zero attached hydrogens (tertiary/aromatic N) is 3. The first-order valence-corrected chi connectivity index (χ1v) is 10.1. The second-order valence-corrected chi connectivity index (χ2v) is 8.38. The van der Waals surface area contributed by atoms with Crippen molar-refractivity contribution in [2.45, 2.75) is 20.8 Å². The molecule has 0 atom stereocenters. The number of carbonyl (C=O) groups excluding carboxylic acids is 1. The van der Waals surface area contributed by atoms with Crippen molar-refractivity contribution < 1.29 is 4.79 Å². The van der Waals surface area contributed by atoms with E-state index in [0.29, 0.717) is 9.23 Å². The zero-order valence-electron chi connectivity index (χ0n) is 15.8. The maximum Gasteiger partial charge on any atom is 0.270 e. The van der Waals surface area contributed by atoms with Crippen LogP contribution in [0.5, 0.6) is 0 Å². The normalized spacial score (nSPS) is 15.7. The number of benzene rings is 1. The molecule has 1 fully saturated rings. The molecule has 1 amide bonds. The molecule has 1 aromatic carbocycles. The fourth-order valence-corrected chi connectivity index (χ4v) is 4.58. The van der Waals surface area contributed by atoms with Crippen LogP contribution in [0.1, 0.15) is 22.5 Å². The SMILES string of the molecule is Cc1ccc(-n2c(C)cc(/C=C3/SC(=S)N(c4ccccc4)C3=O)c2C)nc1. The Balaban J connectivity index is 1.70. The van der Waals surface area contributed by atoms with Gasteiger partial charge < -0.3 is 4.57 Å². The Hall–Kier alpha value is -2.70. The Bertz CT molecular complexity index is 1100. The van der Waals surface area contributed by atoms with Gasteiger partial charge in [-0.25, -0.2) is 4.98 Å². The number of hydrogen-bond acceptors (Lipinski definition) is 4. The predicted molar refractivity (Wildman–Crippen MR) is 120 cm³/mol. The average molecular weight is 406 g/mol. The van der Waals surface area contributed by atoms with Crippen molar-refractivity contribution >= 4 is 46.0 Å². The largest absolute Gasteiger partial charge is 0.303 e. The van der Waals surface area contributed by atoms with E-state index < -0.39 is 0 Å². The van der Waals surface area contributed by atoms with Crippen LogP contribution in [0, 0.1) is 20.8 Å². The molecule has 6 heteroatoms. The highest BCUT2D eigenvalue weighted by Crippen LogP contribution is 2.36. The van der Waals surface area contributed by atoms with Crippen molar-refractivity contribution in [1.82, 2.24) is 9.55 Å². The molecule has 0 bridgehead atoms. The van der Waals surface area contributed by atoms with Crippen LogP contribution in [0.4, 0.5) is 5.69 Å². The fraction of sp³-hybridized carbons (Fsp3) is 0.136. The standard InChI is InChI=1S/C22H19N3OS2/c1-14-9-10-20(23-13-14)24-15(2)11-17(16(24)3)12-19-21(26)25(22(27)28-19)18-7-5-4-6-8-18/h4-13H,1-3H3/b19-12+. The number of rotatable bonds is 3. The highest BCUT2D eigenvalue weighted by Gasteiger charge is 2.33. The summed E-state index contributed by atoms with van der Waals surface area (Å²) >= 11 is 6.79.